The lowest BCUT2D eigenvalue weighted by Crippen LogP contribution is -2.34. The van der Waals surface area contributed by atoms with Gasteiger partial charge in [0.05, 0.1) is 12.2 Å². The SMILES string of the molecule is CC[C@@H](N)C(=O)Nc1ccn[nH]1. The Bertz CT molecular complexity index is 244. The van der Waals surface area contributed by atoms with Crippen LogP contribution in [0.15, 0.2) is 12.3 Å². The van der Waals surface area contributed by atoms with Gasteiger partial charge in [-0.2, -0.15) is 5.10 Å². The molecule has 0 spiro atoms. The first-order valence-electron chi connectivity index (χ1n) is 3.80. The van der Waals surface area contributed by atoms with E-state index in [1.807, 2.05) is 6.92 Å². The molecule has 0 saturated carbocycles. The van der Waals surface area contributed by atoms with E-state index in [2.05, 4.69) is 15.5 Å². The van der Waals surface area contributed by atoms with Gasteiger partial charge >= 0.3 is 0 Å². The van der Waals surface area contributed by atoms with Crippen molar-refractivity contribution >= 4 is 11.7 Å². The summed E-state index contributed by atoms with van der Waals surface area (Å²) in [6.07, 6.45) is 2.19. The molecule has 0 fully saturated rings. The maximum absolute atomic E-state index is 11.2. The van der Waals surface area contributed by atoms with Gasteiger partial charge in [-0.15, -0.1) is 0 Å². The summed E-state index contributed by atoms with van der Waals surface area (Å²) >= 11 is 0. The van der Waals surface area contributed by atoms with Gasteiger partial charge in [0.1, 0.15) is 5.82 Å². The Hall–Kier alpha value is -1.36. The molecule has 5 nitrogen and oxygen atoms in total. The lowest BCUT2D eigenvalue weighted by molar-refractivity contribution is -0.117. The van der Waals surface area contributed by atoms with Crippen LogP contribution in [-0.2, 0) is 4.79 Å². The molecule has 12 heavy (non-hydrogen) atoms. The van der Waals surface area contributed by atoms with E-state index in [4.69, 9.17) is 5.73 Å². The molecule has 0 radical (unpaired) electrons. The maximum Gasteiger partial charge on any atom is 0.242 e. The maximum atomic E-state index is 11.2. The van der Waals surface area contributed by atoms with Gasteiger partial charge in [-0.25, -0.2) is 0 Å². The highest BCUT2D eigenvalue weighted by molar-refractivity contribution is 5.93. The first kappa shape index (κ1) is 8.73. The average Bonchev–Trinajstić information content (AvgIpc) is 2.55. The second kappa shape index (κ2) is 3.87. The molecule has 1 heterocycles. The number of rotatable bonds is 3. The quantitative estimate of drug-likeness (QED) is 0.597. The summed E-state index contributed by atoms with van der Waals surface area (Å²) in [5.74, 6) is 0.380. The monoisotopic (exact) mass is 168 g/mol. The Labute approximate surface area is 70.3 Å². The third-order valence-electron chi connectivity index (χ3n) is 1.54. The van der Waals surface area contributed by atoms with E-state index in [9.17, 15) is 4.79 Å². The first-order chi connectivity index (χ1) is 5.74. The molecule has 1 rings (SSSR count). The fraction of sp³-hybridized carbons (Fsp3) is 0.429. The Morgan fingerprint density at radius 2 is 2.67 bits per heavy atom. The van der Waals surface area contributed by atoms with E-state index >= 15 is 0 Å². The van der Waals surface area contributed by atoms with Gasteiger partial charge < -0.3 is 11.1 Å². The molecule has 1 atom stereocenters. The van der Waals surface area contributed by atoms with Crippen molar-refractivity contribution in [2.75, 3.05) is 5.32 Å². The van der Waals surface area contributed by atoms with Gasteiger partial charge in [0, 0.05) is 6.07 Å². The lowest BCUT2D eigenvalue weighted by Gasteiger charge is -2.07. The predicted octanol–water partition coefficient (Wildman–Crippen LogP) is 0.0855. The van der Waals surface area contributed by atoms with Crippen LogP contribution in [0.5, 0.6) is 0 Å². The molecule has 5 heteroatoms. The van der Waals surface area contributed by atoms with Crippen molar-refractivity contribution in [3.05, 3.63) is 12.3 Å². The number of carbonyl (C=O) groups is 1. The Balaban J connectivity index is 2.47. The number of anilines is 1. The molecule has 1 amide bonds. The number of hydrogen-bond acceptors (Lipinski definition) is 3. The van der Waals surface area contributed by atoms with Crippen LogP contribution in [0.4, 0.5) is 5.82 Å². The molecule has 0 unspecified atom stereocenters. The van der Waals surface area contributed by atoms with Crippen molar-refractivity contribution in [3.63, 3.8) is 0 Å². The van der Waals surface area contributed by atoms with Crippen LogP contribution in [0.1, 0.15) is 13.3 Å². The molecule has 0 bridgehead atoms. The summed E-state index contributed by atoms with van der Waals surface area (Å²) in [6.45, 7) is 1.86. The Kier molecular flexibility index (Phi) is 2.82. The summed E-state index contributed by atoms with van der Waals surface area (Å²) in [7, 11) is 0. The number of amides is 1. The highest BCUT2D eigenvalue weighted by Crippen LogP contribution is 1.99. The smallest absolute Gasteiger partial charge is 0.242 e. The van der Waals surface area contributed by atoms with Crippen LogP contribution >= 0.6 is 0 Å². The van der Waals surface area contributed by atoms with Crippen LogP contribution in [0, 0.1) is 0 Å². The van der Waals surface area contributed by atoms with Crippen molar-refractivity contribution in [3.8, 4) is 0 Å². The molecule has 0 aliphatic heterocycles. The minimum absolute atomic E-state index is 0.193. The zero-order chi connectivity index (χ0) is 8.97. The van der Waals surface area contributed by atoms with E-state index in [-0.39, 0.29) is 5.91 Å². The fourth-order valence-electron chi connectivity index (χ4n) is 0.736. The number of nitrogens with one attached hydrogen (secondary N) is 2. The van der Waals surface area contributed by atoms with E-state index in [0.717, 1.165) is 0 Å². The molecular weight excluding hydrogens is 156 g/mol. The number of aromatic amines is 1. The Morgan fingerprint density at radius 1 is 1.92 bits per heavy atom. The zero-order valence-corrected chi connectivity index (χ0v) is 6.87. The van der Waals surface area contributed by atoms with Crippen LogP contribution < -0.4 is 11.1 Å². The van der Waals surface area contributed by atoms with Crippen molar-refractivity contribution in [2.24, 2.45) is 5.73 Å². The number of aromatic nitrogens is 2. The second-order valence-electron chi connectivity index (χ2n) is 2.47. The van der Waals surface area contributed by atoms with Crippen LogP contribution in [0.3, 0.4) is 0 Å². The summed E-state index contributed by atoms with van der Waals surface area (Å²) in [6, 6.07) is 1.22. The third kappa shape index (κ3) is 2.06. The number of nitrogens with zero attached hydrogens (tertiary/aromatic N) is 1. The minimum atomic E-state index is -0.451. The Morgan fingerprint density at radius 3 is 3.17 bits per heavy atom. The molecule has 1 aromatic rings. The summed E-state index contributed by atoms with van der Waals surface area (Å²) in [4.78, 5) is 11.2. The molecule has 0 aliphatic rings. The molecule has 66 valence electrons. The topological polar surface area (TPSA) is 83.8 Å². The fourth-order valence-corrected chi connectivity index (χ4v) is 0.736. The van der Waals surface area contributed by atoms with E-state index in [0.29, 0.717) is 12.2 Å². The number of H-pyrrole nitrogens is 1. The molecule has 0 saturated heterocycles. The van der Waals surface area contributed by atoms with Gasteiger partial charge in [0.25, 0.3) is 0 Å². The van der Waals surface area contributed by atoms with Crippen LogP contribution in [0.25, 0.3) is 0 Å². The number of nitrogens with two attached hydrogens (primary N) is 1. The number of hydrogen-bond donors (Lipinski definition) is 3. The molecule has 0 aliphatic carbocycles. The third-order valence-corrected chi connectivity index (χ3v) is 1.54. The average molecular weight is 168 g/mol. The summed E-state index contributed by atoms with van der Waals surface area (Å²) < 4.78 is 0. The highest BCUT2D eigenvalue weighted by atomic mass is 16.2. The minimum Gasteiger partial charge on any atom is -0.320 e. The van der Waals surface area contributed by atoms with Crippen molar-refractivity contribution in [2.45, 2.75) is 19.4 Å². The normalized spacial score (nSPS) is 12.5. The number of carbonyl (C=O) groups excluding carboxylic acids is 1. The van der Waals surface area contributed by atoms with Crippen molar-refractivity contribution in [1.29, 1.82) is 0 Å². The van der Waals surface area contributed by atoms with Gasteiger partial charge in [-0.1, -0.05) is 6.92 Å². The zero-order valence-electron chi connectivity index (χ0n) is 6.87. The van der Waals surface area contributed by atoms with Gasteiger partial charge in [-0.05, 0) is 6.42 Å². The van der Waals surface area contributed by atoms with E-state index in [1.165, 1.54) is 0 Å². The lowest BCUT2D eigenvalue weighted by atomic mass is 10.2. The second-order valence-corrected chi connectivity index (χ2v) is 2.47. The van der Waals surface area contributed by atoms with Crippen LogP contribution in [-0.4, -0.2) is 22.1 Å². The summed E-state index contributed by atoms with van der Waals surface area (Å²) in [5, 5.41) is 8.88. The predicted molar refractivity (Wildman–Crippen MR) is 45.5 cm³/mol. The summed E-state index contributed by atoms with van der Waals surface area (Å²) in [5.41, 5.74) is 5.49. The van der Waals surface area contributed by atoms with Crippen molar-refractivity contribution < 1.29 is 4.79 Å². The van der Waals surface area contributed by atoms with Crippen LogP contribution in [0.2, 0.25) is 0 Å². The standard InChI is InChI=1S/C7H12N4O/c1-2-5(8)7(12)10-6-3-4-9-11-6/h3-5H,2,8H2,1H3,(H2,9,10,11,12)/t5-/m1/s1. The highest BCUT2D eigenvalue weighted by Gasteiger charge is 2.10. The molecule has 1 aromatic heterocycles. The van der Waals surface area contributed by atoms with Gasteiger partial charge in [-0.3, -0.25) is 9.89 Å². The molecule has 4 N–H and O–H groups in total. The molecular formula is C7H12N4O. The van der Waals surface area contributed by atoms with E-state index < -0.39 is 6.04 Å². The van der Waals surface area contributed by atoms with E-state index in [1.54, 1.807) is 12.3 Å². The van der Waals surface area contributed by atoms with Gasteiger partial charge in [0.2, 0.25) is 5.91 Å². The van der Waals surface area contributed by atoms with Crippen molar-refractivity contribution in [1.82, 2.24) is 10.2 Å². The van der Waals surface area contributed by atoms with Gasteiger partial charge in [0.15, 0.2) is 0 Å². The first-order valence-corrected chi connectivity index (χ1v) is 3.80. The largest absolute Gasteiger partial charge is 0.320 e. The molecule has 0 aromatic carbocycles.